The Morgan fingerprint density at radius 1 is 1.08 bits per heavy atom. The highest BCUT2D eigenvalue weighted by Crippen LogP contribution is 2.27. The van der Waals surface area contributed by atoms with Crippen molar-refractivity contribution in [3.05, 3.63) is 42.3 Å². The van der Waals surface area contributed by atoms with Crippen LogP contribution in [0.25, 0.3) is 0 Å². The number of aromatic nitrogens is 1. The summed E-state index contributed by atoms with van der Waals surface area (Å²) < 4.78 is 6.21. The molecule has 0 spiro atoms. The first-order valence-corrected chi connectivity index (χ1v) is 12.9. The normalized spacial score (nSPS) is 19.2. The summed E-state index contributed by atoms with van der Waals surface area (Å²) in [5, 5.41) is 5.87. The van der Waals surface area contributed by atoms with E-state index in [1.54, 1.807) is 19.4 Å². The minimum absolute atomic E-state index is 0.0583. The number of ether oxygens (including phenoxy) is 1. The maximum atomic E-state index is 12.6. The molecule has 0 atom stereocenters. The Kier molecular flexibility index (Phi) is 9.64. The Labute approximate surface area is 218 Å². The van der Waals surface area contributed by atoms with E-state index in [4.69, 9.17) is 4.74 Å². The maximum Gasteiger partial charge on any atom is 0.239 e. The Balaban J connectivity index is 1.32. The number of amides is 2. The van der Waals surface area contributed by atoms with Gasteiger partial charge in [-0.15, -0.1) is 0 Å². The van der Waals surface area contributed by atoms with Crippen LogP contribution < -0.4 is 20.3 Å². The molecule has 0 aliphatic carbocycles. The van der Waals surface area contributed by atoms with E-state index >= 15 is 0 Å². The highest BCUT2D eigenvalue weighted by molar-refractivity contribution is 6.05. The number of hydrogen-bond acceptors (Lipinski definition) is 9. The number of carbonyl (C=O) groups excluding carboxylic acids is 2. The van der Waals surface area contributed by atoms with E-state index in [1.807, 2.05) is 29.2 Å². The Hall–Kier alpha value is -3.28. The summed E-state index contributed by atoms with van der Waals surface area (Å²) >= 11 is 0. The van der Waals surface area contributed by atoms with Gasteiger partial charge >= 0.3 is 0 Å². The molecule has 11 nitrogen and oxygen atoms in total. The summed E-state index contributed by atoms with van der Waals surface area (Å²) in [7, 11) is 3.88. The molecule has 2 N–H and O–H groups in total. The molecule has 2 saturated heterocycles. The van der Waals surface area contributed by atoms with Crippen LogP contribution in [-0.2, 0) is 9.59 Å². The Morgan fingerprint density at radius 2 is 1.86 bits per heavy atom. The number of anilines is 1. The van der Waals surface area contributed by atoms with Gasteiger partial charge in [-0.25, -0.2) is 9.98 Å². The van der Waals surface area contributed by atoms with Crippen LogP contribution in [0.5, 0.6) is 5.75 Å². The number of likely N-dealkylation sites (N-methyl/N-ethyl adjacent to an activating group) is 2. The fourth-order valence-corrected chi connectivity index (χ4v) is 4.52. The van der Waals surface area contributed by atoms with Crippen LogP contribution in [0.4, 0.5) is 5.82 Å². The summed E-state index contributed by atoms with van der Waals surface area (Å²) in [6.07, 6.45) is 8.02. The lowest BCUT2D eigenvalue weighted by Crippen LogP contribution is -2.50. The lowest BCUT2D eigenvalue weighted by atomic mass is 10.2. The standard InChI is InChI=1S/C26H38N8O3/c1-27-18-25(36)33-13-15-34(16-14-33)26-22(6-4-8-29-26)37-20-21-5-3-7-28-23(17-21)30-24(35)19-32-11-9-31(2)10-12-32/h3-4,6-8,17,27H,5,9-16,18-20H2,1-2H3,(H,28,30,35). The van der Waals surface area contributed by atoms with Crippen LogP contribution in [0.3, 0.4) is 0 Å². The number of carbonyl (C=O) groups is 2. The third kappa shape index (κ3) is 7.85. The zero-order valence-corrected chi connectivity index (χ0v) is 21.9. The SMILES string of the molecule is CNCC(=O)N1CCN(c2ncccc2OCC2=CC(NC(=O)CN3CCN(C)CC3)=NC=CC2)CC1. The average Bonchev–Trinajstić information content (AvgIpc) is 3.14. The van der Waals surface area contributed by atoms with Gasteiger partial charge in [0.25, 0.3) is 0 Å². The molecular formula is C26H38N8O3. The number of pyridine rings is 1. The second-order valence-electron chi connectivity index (χ2n) is 9.55. The number of aliphatic imine (C=N–C) groups is 1. The van der Waals surface area contributed by atoms with Gasteiger partial charge in [0.15, 0.2) is 11.6 Å². The molecule has 0 bridgehead atoms. The van der Waals surface area contributed by atoms with Crippen LogP contribution >= 0.6 is 0 Å². The molecule has 4 heterocycles. The molecule has 4 rings (SSSR count). The molecule has 200 valence electrons. The Bertz CT molecular complexity index is 1020. The van der Waals surface area contributed by atoms with E-state index in [0.717, 1.165) is 37.6 Å². The first-order chi connectivity index (χ1) is 18.0. The van der Waals surface area contributed by atoms with Crippen molar-refractivity contribution in [3.8, 4) is 5.75 Å². The fraction of sp³-hybridized carbons (Fsp3) is 0.538. The molecule has 1 aromatic rings. The van der Waals surface area contributed by atoms with Gasteiger partial charge in [-0.2, -0.15) is 0 Å². The summed E-state index contributed by atoms with van der Waals surface area (Å²) in [6.45, 7) is 7.50. The number of amidine groups is 1. The summed E-state index contributed by atoms with van der Waals surface area (Å²) in [4.78, 5) is 42.2. The number of nitrogens with one attached hydrogen (secondary N) is 2. The Morgan fingerprint density at radius 3 is 2.62 bits per heavy atom. The van der Waals surface area contributed by atoms with Gasteiger partial charge in [-0.1, -0.05) is 6.08 Å². The summed E-state index contributed by atoms with van der Waals surface area (Å²) in [5.41, 5.74) is 1.00. The van der Waals surface area contributed by atoms with Gasteiger partial charge in [-0.05, 0) is 44.3 Å². The summed E-state index contributed by atoms with van der Waals surface area (Å²) in [5.74, 6) is 2.06. The molecule has 11 heteroatoms. The number of nitrogens with zero attached hydrogens (tertiary/aromatic N) is 6. The van der Waals surface area contributed by atoms with Gasteiger partial charge in [0.05, 0.1) is 13.1 Å². The highest BCUT2D eigenvalue weighted by Gasteiger charge is 2.23. The van der Waals surface area contributed by atoms with Gasteiger partial charge in [0.2, 0.25) is 11.8 Å². The van der Waals surface area contributed by atoms with E-state index in [1.165, 1.54) is 0 Å². The lowest BCUT2D eigenvalue weighted by molar-refractivity contribution is -0.130. The minimum Gasteiger partial charge on any atom is -0.485 e. The monoisotopic (exact) mass is 510 g/mol. The first-order valence-electron chi connectivity index (χ1n) is 12.9. The molecule has 0 aromatic carbocycles. The first kappa shape index (κ1) is 26.8. The predicted molar refractivity (Wildman–Crippen MR) is 144 cm³/mol. The highest BCUT2D eigenvalue weighted by atomic mass is 16.5. The van der Waals surface area contributed by atoms with Crippen molar-refractivity contribution in [2.24, 2.45) is 4.99 Å². The quantitative estimate of drug-likeness (QED) is 0.501. The molecule has 1 aromatic heterocycles. The molecule has 2 amide bonds. The maximum absolute atomic E-state index is 12.6. The van der Waals surface area contributed by atoms with Crippen molar-refractivity contribution in [2.75, 3.05) is 91.0 Å². The van der Waals surface area contributed by atoms with Gasteiger partial charge in [0, 0.05) is 64.8 Å². The van der Waals surface area contributed by atoms with Gasteiger partial charge in [0.1, 0.15) is 12.4 Å². The van der Waals surface area contributed by atoms with E-state index in [0.29, 0.717) is 63.9 Å². The van der Waals surface area contributed by atoms with Crippen LogP contribution in [0.1, 0.15) is 6.42 Å². The number of rotatable bonds is 8. The zero-order valence-electron chi connectivity index (χ0n) is 21.9. The van der Waals surface area contributed by atoms with Crippen molar-refractivity contribution >= 4 is 23.5 Å². The number of piperazine rings is 2. The smallest absolute Gasteiger partial charge is 0.239 e. The molecule has 0 saturated carbocycles. The molecule has 3 aliphatic rings. The second-order valence-corrected chi connectivity index (χ2v) is 9.55. The van der Waals surface area contributed by atoms with E-state index < -0.39 is 0 Å². The number of allylic oxidation sites excluding steroid dienone is 1. The largest absolute Gasteiger partial charge is 0.485 e. The molecule has 0 unspecified atom stereocenters. The molecule has 37 heavy (non-hydrogen) atoms. The second kappa shape index (κ2) is 13.3. The third-order valence-electron chi connectivity index (χ3n) is 6.69. The number of hydrogen-bond donors (Lipinski definition) is 2. The van der Waals surface area contributed by atoms with Crippen molar-refractivity contribution < 1.29 is 14.3 Å². The lowest BCUT2D eigenvalue weighted by Gasteiger charge is -2.36. The van der Waals surface area contributed by atoms with E-state index in [-0.39, 0.29) is 11.8 Å². The topological polar surface area (TPSA) is 106 Å². The molecule has 3 aliphatic heterocycles. The van der Waals surface area contributed by atoms with Crippen LogP contribution in [0.2, 0.25) is 0 Å². The van der Waals surface area contributed by atoms with E-state index in [2.05, 4.69) is 42.4 Å². The third-order valence-corrected chi connectivity index (χ3v) is 6.69. The van der Waals surface area contributed by atoms with Crippen molar-refractivity contribution in [3.63, 3.8) is 0 Å². The molecular weight excluding hydrogens is 472 g/mol. The zero-order chi connectivity index (χ0) is 26.0. The minimum atomic E-state index is -0.0583. The van der Waals surface area contributed by atoms with Crippen molar-refractivity contribution in [1.29, 1.82) is 0 Å². The molecule has 0 radical (unpaired) electrons. The average molecular weight is 511 g/mol. The summed E-state index contributed by atoms with van der Waals surface area (Å²) in [6, 6.07) is 3.78. The van der Waals surface area contributed by atoms with Gasteiger partial charge in [-0.3, -0.25) is 14.5 Å². The predicted octanol–water partition coefficient (Wildman–Crippen LogP) is -0.0657. The van der Waals surface area contributed by atoms with Crippen LogP contribution in [0, 0.1) is 0 Å². The van der Waals surface area contributed by atoms with Crippen LogP contribution in [-0.4, -0.2) is 123 Å². The van der Waals surface area contributed by atoms with Crippen molar-refractivity contribution in [1.82, 2.24) is 30.3 Å². The van der Waals surface area contributed by atoms with Crippen molar-refractivity contribution in [2.45, 2.75) is 6.42 Å². The van der Waals surface area contributed by atoms with E-state index in [9.17, 15) is 9.59 Å². The van der Waals surface area contributed by atoms with Crippen LogP contribution in [0.15, 0.2) is 47.2 Å². The fourth-order valence-electron chi connectivity index (χ4n) is 4.52. The van der Waals surface area contributed by atoms with Gasteiger partial charge < -0.3 is 30.1 Å². The molecule has 2 fully saturated rings.